The normalized spacial score (nSPS) is 20.1. The molecule has 5 aromatic rings. The number of imidazole rings is 1. The first-order valence-corrected chi connectivity index (χ1v) is 24.6. The summed E-state index contributed by atoms with van der Waals surface area (Å²) in [5.41, 5.74) is 4.00. The zero-order valence-electron chi connectivity index (χ0n) is 42.3. The predicted molar refractivity (Wildman–Crippen MR) is 277 cm³/mol. The summed E-state index contributed by atoms with van der Waals surface area (Å²) < 4.78 is 19.7. The fourth-order valence-corrected chi connectivity index (χ4v) is 8.97. The van der Waals surface area contributed by atoms with Crippen molar-refractivity contribution < 1.29 is 38.2 Å². The van der Waals surface area contributed by atoms with Crippen LogP contribution in [0.1, 0.15) is 42.3 Å². The number of amides is 5. The number of halogens is 2. The number of benzene rings is 4. The number of ether oxygens (including phenoxy) is 3. The van der Waals surface area contributed by atoms with E-state index in [2.05, 4.69) is 20.5 Å². The number of carbonyl (C=O) groups excluding carboxylic acids is 5. The molecule has 6 rings (SSSR count). The van der Waals surface area contributed by atoms with Crippen molar-refractivity contribution >= 4 is 52.7 Å². The molecular formula is C54H66Cl2N8O8. The zero-order valence-corrected chi connectivity index (χ0v) is 43.8. The number of nitrogens with one attached hydrogen (secondary N) is 2. The molecule has 72 heavy (non-hydrogen) atoms. The monoisotopic (exact) mass is 1020 g/mol. The van der Waals surface area contributed by atoms with Crippen molar-refractivity contribution in [3.63, 3.8) is 0 Å². The number of aromatic nitrogens is 2. The van der Waals surface area contributed by atoms with E-state index in [-0.39, 0.29) is 63.8 Å². The highest BCUT2D eigenvalue weighted by Crippen LogP contribution is 2.33. The van der Waals surface area contributed by atoms with Gasteiger partial charge in [-0.3, -0.25) is 24.0 Å². The van der Waals surface area contributed by atoms with E-state index in [0.717, 1.165) is 28.2 Å². The summed E-state index contributed by atoms with van der Waals surface area (Å²) in [5, 5.41) is 6.73. The Labute approximate surface area is 432 Å². The molecule has 5 amide bonds. The lowest BCUT2D eigenvalue weighted by Gasteiger charge is -2.36. The minimum atomic E-state index is -1.34. The predicted octanol–water partition coefficient (Wildman–Crippen LogP) is 6.41. The number of methoxy groups -OCH3 is 2. The quantitative estimate of drug-likeness (QED) is 0.120. The van der Waals surface area contributed by atoms with Gasteiger partial charge in [0.05, 0.1) is 44.1 Å². The van der Waals surface area contributed by atoms with E-state index in [1.54, 1.807) is 44.4 Å². The van der Waals surface area contributed by atoms with Crippen LogP contribution in [-0.4, -0.2) is 145 Å². The Bertz CT molecular complexity index is 2630. The van der Waals surface area contributed by atoms with Crippen molar-refractivity contribution in [2.24, 2.45) is 13.0 Å². The summed E-state index contributed by atoms with van der Waals surface area (Å²) in [4.78, 5) is 84.2. The van der Waals surface area contributed by atoms with Crippen LogP contribution in [-0.2, 0) is 66.4 Å². The SMILES string of the molecule is COC[C@@H]1NC(=O)[C@H](COC)N(Cc2ccc(Cl)cc2Oc2ccc(-c3cnc(CN(C)C)n3C)cc2)C(=O)C[C@@H](Cc2ccccc2)C(=O)N(C)[C@@H](C)CNC(=O)C[C@H](Cc2ccc(Cl)cc2)N(C)C1=O. The summed E-state index contributed by atoms with van der Waals surface area (Å²) >= 11 is 12.8. The highest BCUT2D eigenvalue weighted by atomic mass is 35.5. The Balaban J connectivity index is 1.40. The number of likely N-dealkylation sites (N-methyl/N-ethyl adjacent to an activating group) is 2. The van der Waals surface area contributed by atoms with Crippen molar-refractivity contribution in [1.29, 1.82) is 0 Å². The van der Waals surface area contributed by atoms with Gasteiger partial charge in [0.25, 0.3) is 0 Å². The number of carbonyl (C=O) groups is 5. The molecule has 0 spiro atoms. The Morgan fingerprint density at radius 2 is 1.43 bits per heavy atom. The molecule has 1 aliphatic heterocycles. The Kier molecular flexibility index (Phi) is 19.8. The summed E-state index contributed by atoms with van der Waals surface area (Å²) in [7, 11) is 12.0. The lowest BCUT2D eigenvalue weighted by molar-refractivity contribution is -0.148. The van der Waals surface area contributed by atoms with Crippen molar-refractivity contribution in [2.75, 3.05) is 62.2 Å². The molecule has 384 valence electrons. The molecule has 1 aliphatic rings. The molecule has 0 saturated carbocycles. The Morgan fingerprint density at radius 3 is 2.10 bits per heavy atom. The first kappa shape index (κ1) is 55.0. The van der Waals surface area contributed by atoms with Gasteiger partial charge in [0.2, 0.25) is 29.5 Å². The number of hydrogen-bond acceptors (Lipinski definition) is 10. The van der Waals surface area contributed by atoms with Crippen LogP contribution in [0.25, 0.3) is 11.3 Å². The molecule has 1 aromatic heterocycles. The van der Waals surface area contributed by atoms with E-state index in [1.807, 2.05) is 106 Å². The van der Waals surface area contributed by atoms with Crippen LogP contribution in [0.15, 0.2) is 103 Å². The van der Waals surface area contributed by atoms with E-state index in [0.29, 0.717) is 33.7 Å². The average Bonchev–Trinajstić information content (AvgIpc) is 3.72. The molecule has 1 fully saturated rings. The number of rotatable bonds is 15. The van der Waals surface area contributed by atoms with Gasteiger partial charge in [-0.25, -0.2) is 4.98 Å². The van der Waals surface area contributed by atoms with Gasteiger partial charge < -0.3 is 49.0 Å². The third kappa shape index (κ3) is 14.7. The van der Waals surface area contributed by atoms with Crippen molar-refractivity contribution in [2.45, 2.75) is 69.9 Å². The maximum atomic E-state index is 15.3. The second kappa shape index (κ2) is 25.9. The fourth-order valence-electron chi connectivity index (χ4n) is 8.68. The topological polar surface area (TPSA) is 168 Å². The molecule has 16 nitrogen and oxygen atoms in total. The molecule has 2 heterocycles. The minimum Gasteiger partial charge on any atom is -0.457 e. The van der Waals surface area contributed by atoms with E-state index in [9.17, 15) is 19.2 Å². The van der Waals surface area contributed by atoms with E-state index >= 15 is 4.79 Å². The zero-order chi connectivity index (χ0) is 52.1. The molecule has 1 saturated heterocycles. The second-order valence-electron chi connectivity index (χ2n) is 18.6. The van der Waals surface area contributed by atoms with Gasteiger partial charge in [0.1, 0.15) is 29.4 Å². The molecule has 0 radical (unpaired) electrons. The molecular weight excluding hydrogens is 960 g/mol. The van der Waals surface area contributed by atoms with E-state index in [1.165, 1.54) is 28.9 Å². The van der Waals surface area contributed by atoms with Crippen LogP contribution < -0.4 is 15.4 Å². The van der Waals surface area contributed by atoms with Crippen LogP contribution >= 0.6 is 23.2 Å². The van der Waals surface area contributed by atoms with Gasteiger partial charge in [-0.1, -0.05) is 71.7 Å². The smallest absolute Gasteiger partial charge is 0.247 e. The molecule has 0 unspecified atom stereocenters. The average molecular weight is 1030 g/mol. The minimum absolute atomic E-state index is 0.0912. The summed E-state index contributed by atoms with van der Waals surface area (Å²) in [6.07, 6.45) is 1.92. The summed E-state index contributed by atoms with van der Waals surface area (Å²) in [6.45, 7) is 1.89. The molecule has 0 aliphatic carbocycles. The van der Waals surface area contributed by atoms with Gasteiger partial charge in [-0.15, -0.1) is 0 Å². The van der Waals surface area contributed by atoms with Gasteiger partial charge in [-0.05, 0) is 93.5 Å². The van der Waals surface area contributed by atoms with Crippen LogP contribution in [0.5, 0.6) is 11.5 Å². The summed E-state index contributed by atoms with van der Waals surface area (Å²) in [6, 6.07) is 25.3. The first-order valence-electron chi connectivity index (χ1n) is 23.8. The Morgan fingerprint density at radius 1 is 0.764 bits per heavy atom. The maximum Gasteiger partial charge on any atom is 0.247 e. The highest BCUT2D eigenvalue weighted by molar-refractivity contribution is 6.31. The van der Waals surface area contributed by atoms with Gasteiger partial charge in [0.15, 0.2) is 0 Å². The first-order chi connectivity index (χ1) is 34.5. The van der Waals surface area contributed by atoms with Crippen molar-refractivity contribution in [1.82, 2.24) is 39.8 Å². The Hall–Kier alpha value is -6.30. The van der Waals surface area contributed by atoms with Gasteiger partial charge in [-0.2, -0.15) is 0 Å². The number of hydrogen-bond donors (Lipinski definition) is 2. The van der Waals surface area contributed by atoms with Crippen molar-refractivity contribution in [3.8, 4) is 22.8 Å². The largest absolute Gasteiger partial charge is 0.457 e. The number of nitrogens with zero attached hydrogens (tertiary/aromatic N) is 6. The summed E-state index contributed by atoms with van der Waals surface area (Å²) in [5.74, 6) is -1.62. The van der Waals surface area contributed by atoms with E-state index in [4.69, 9.17) is 37.4 Å². The highest BCUT2D eigenvalue weighted by Gasteiger charge is 2.38. The van der Waals surface area contributed by atoms with Crippen LogP contribution in [0, 0.1) is 5.92 Å². The molecule has 18 heteroatoms. The van der Waals surface area contributed by atoms with Crippen LogP contribution in [0.2, 0.25) is 10.0 Å². The third-order valence-corrected chi connectivity index (χ3v) is 13.4. The van der Waals surface area contributed by atoms with Gasteiger partial charge in [0, 0.05) is 88.0 Å². The lowest BCUT2D eigenvalue weighted by Crippen LogP contribution is -2.59. The molecule has 4 aromatic carbocycles. The molecule has 0 bridgehead atoms. The second-order valence-corrected chi connectivity index (χ2v) is 19.4. The lowest BCUT2D eigenvalue weighted by atomic mass is 9.93. The third-order valence-electron chi connectivity index (χ3n) is 13.0. The molecule has 2 N–H and O–H groups in total. The van der Waals surface area contributed by atoms with E-state index < -0.39 is 47.8 Å². The standard InChI is InChI=1S/C54H66Cl2N8O8/c1-35-29-58-50(65)28-43(25-37-14-19-41(55)20-15-37)62(5)54(69)45(33-70-7)59-52(67)47(34-71-8)64(51(66)26-40(53(68)61(35)4)24-36-12-10-9-11-13-36)31-39-16-21-42(56)27-48(39)72-44-22-17-38(18-23-44)46-30-57-49(63(46)6)32-60(2)3/h9-23,27,30,35,40,43,45,47H,24-26,28-29,31-34H2,1-8H3,(H,58,65)(H,59,67)/t35-,40+,43-,45-,47-/m0/s1. The fraction of sp³-hybridized carbons (Fsp3) is 0.407. The van der Waals surface area contributed by atoms with Crippen LogP contribution in [0.3, 0.4) is 0 Å². The van der Waals surface area contributed by atoms with Crippen LogP contribution in [0.4, 0.5) is 0 Å². The molecule has 5 atom stereocenters. The van der Waals surface area contributed by atoms with Crippen molar-refractivity contribution in [3.05, 3.63) is 136 Å². The maximum absolute atomic E-state index is 15.3. The van der Waals surface area contributed by atoms with Gasteiger partial charge >= 0.3 is 0 Å².